The Balaban J connectivity index is 1.52. The molecule has 4 aromatic carbocycles. The molecule has 0 radical (unpaired) electrons. The lowest BCUT2D eigenvalue weighted by Crippen LogP contribution is -2.24. The summed E-state index contributed by atoms with van der Waals surface area (Å²) in [6.45, 7) is 0.647. The van der Waals surface area contributed by atoms with Gasteiger partial charge < -0.3 is 15.2 Å². The Labute approximate surface area is 192 Å². The summed E-state index contributed by atoms with van der Waals surface area (Å²) in [4.78, 5) is 24.0. The van der Waals surface area contributed by atoms with Crippen molar-refractivity contribution in [2.45, 2.75) is 13.2 Å². The second kappa shape index (κ2) is 10.3. The zero-order valence-corrected chi connectivity index (χ0v) is 17.9. The van der Waals surface area contributed by atoms with Crippen molar-refractivity contribution in [3.63, 3.8) is 0 Å². The number of rotatable bonds is 8. The standard InChI is InChI=1S/C28H23NO4/c30-27(31)15-14-23-13-11-21(19-33-25-8-2-1-3-9-25)17-26(23)28(32)29-18-20-10-12-22-6-4-5-7-24(22)16-20/h1-17H,18-19H2,(H,29,32)(H,30,31). The monoisotopic (exact) mass is 437 g/mol. The summed E-state index contributed by atoms with van der Waals surface area (Å²) in [5.74, 6) is -0.626. The molecule has 0 heterocycles. The van der Waals surface area contributed by atoms with Gasteiger partial charge in [0.1, 0.15) is 12.4 Å². The Hall–Kier alpha value is -4.38. The molecule has 0 spiro atoms. The van der Waals surface area contributed by atoms with Crippen molar-refractivity contribution in [1.29, 1.82) is 0 Å². The average Bonchev–Trinajstić information content (AvgIpc) is 2.85. The molecule has 0 aliphatic carbocycles. The van der Waals surface area contributed by atoms with Crippen LogP contribution in [0, 0.1) is 0 Å². The number of carboxylic acid groups (broad SMARTS) is 1. The zero-order chi connectivity index (χ0) is 23.0. The van der Waals surface area contributed by atoms with E-state index in [4.69, 9.17) is 9.84 Å². The minimum absolute atomic E-state index is 0.283. The van der Waals surface area contributed by atoms with E-state index < -0.39 is 5.97 Å². The lowest BCUT2D eigenvalue weighted by atomic mass is 10.0. The largest absolute Gasteiger partial charge is 0.489 e. The van der Waals surface area contributed by atoms with Crippen molar-refractivity contribution in [3.05, 3.63) is 119 Å². The third-order valence-corrected chi connectivity index (χ3v) is 5.18. The van der Waals surface area contributed by atoms with Crippen LogP contribution >= 0.6 is 0 Å². The van der Waals surface area contributed by atoms with Crippen molar-refractivity contribution >= 4 is 28.7 Å². The molecule has 33 heavy (non-hydrogen) atoms. The number of benzene rings is 4. The van der Waals surface area contributed by atoms with Crippen molar-refractivity contribution in [1.82, 2.24) is 5.32 Å². The third kappa shape index (κ3) is 5.86. The molecule has 5 nitrogen and oxygen atoms in total. The highest BCUT2D eigenvalue weighted by molar-refractivity contribution is 5.99. The Bertz CT molecular complexity index is 1310. The number of carboxylic acids is 1. The van der Waals surface area contributed by atoms with E-state index in [9.17, 15) is 9.59 Å². The molecule has 0 bridgehead atoms. The van der Waals surface area contributed by atoms with Crippen LogP contribution in [0.4, 0.5) is 0 Å². The van der Waals surface area contributed by atoms with Gasteiger partial charge in [-0.2, -0.15) is 0 Å². The molecular formula is C28H23NO4. The topological polar surface area (TPSA) is 75.6 Å². The van der Waals surface area contributed by atoms with Crippen LogP contribution in [0.1, 0.15) is 27.0 Å². The Morgan fingerprint density at radius 2 is 1.55 bits per heavy atom. The van der Waals surface area contributed by atoms with Crippen LogP contribution in [0.15, 0.2) is 97.1 Å². The van der Waals surface area contributed by atoms with Crippen molar-refractivity contribution in [2.24, 2.45) is 0 Å². The molecule has 0 aliphatic rings. The maximum Gasteiger partial charge on any atom is 0.328 e. The van der Waals surface area contributed by atoms with E-state index in [1.165, 1.54) is 6.08 Å². The fourth-order valence-corrected chi connectivity index (χ4v) is 3.51. The first-order valence-electron chi connectivity index (χ1n) is 10.6. The molecule has 1 amide bonds. The van der Waals surface area contributed by atoms with Gasteiger partial charge in [0, 0.05) is 18.2 Å². The molecule has 5 heteroatoms. The summed E-state index contributed by atoms with van der Waals surface area (Å²) in [6.07, 6.45) is 2.45. The number of carbonyl (C=O) groups excluding carboxylic acids is 1. The third-order valence-electron chi connectivity index (χ3n) is 5.18. The van der Waals surface area contributed by atoms with Gasteiger partial charge in [-0.05, 0) is 57.8 Å². The molecule has 0 aromatic heterocycles. The summed E-state index contributed by atoms with van der Waals surface area (Å²) in [7, 11) is 0. The van der Waals surface area contributed by atoms with Gasteiger partial charge in [0.05, 0.1) is 0 Å². The second-order valence-electron chi connectivity index (χ2n) is 7.56. The predicted octanol–water partition coefficient (Wildman–Crippen LogP) is 5.45. The fourth-order valence-electron chi connectivity index (χ4n) is 3.51. The van der Waals surface area contributed by atoms with Crippen LogP contribution in [0.3, 0.4) is 0 Å². The summed E-state index contributed by atoms with van der Waals surface area (Å²) in [6, 6.07) is 28.8. The van der Waals surface area contributed by atoms with Gasteiger partial charge in [-0.15, -0.1) is 0 Å². The number of nitrogens with one attached hydrogen (secondary N) is 1. The van der Waals surface area contributed by atoms with Gasteiger partial charge in [-0.1, -0.05) is 66.7 Å². The van der Waals surface area contributed by atoms with Gasteiger partial charge in [0.25, 0.3) is 5.91 Å². The smallest absolute Gasteiger partial charge is 0.328 e. The summed E-state index contributed by atoms with van der Waals surface area (Å²) < 4.78 is 5.79. The van der Waals surface area contributed by atoms with Crippen LogP contribution in [0.25, 0.3) is 16.8 Å². The number of hydrogen-bond donors (Lipinski definition) is 2. The number of hydrogen-bond acceptors (Lipinski definition) is 3. The summed E-state index contributed by atoms with van der Waals surface area (Å²) in [5.41, 5.74) is 2.70. The molecule has 4 rings (SSSR count). The highest BCUT2D eigenvalue weighted by Gasteiger charge is 2.12. The number of amides is 1. The van der Waals surface area contributed by atoms with Gasteiger partial charge >= 0.3 is 5.97 Å². The summed E-state index contributed by atoms with van der Waals surface area (Å²) in [5, 5.41) is 14.2. The number of para-hydroxylation sites is 1. The van der Waals surface area contributed by atoms with Crippen LogP contribution in [0.2, 0.25) is 0 Å². The van der Waals surface area contributed by atoms with E-state index in [0.717, 1.165) is 33.7 Å². The predicted molar refractivity (Wildman–Crippen MR) is 129 cm³/mol. The molecule has 164 valence electrons. The quantitative estimate of drug-likeness (QED) is 0.360. The molecule has 0 saturated carbocycles. The number of carbonyl (C=O) groups is 2. The van der Waals surface area contributed by atoms with E-state index >= 15 is 0 Å². The van der Waals surface area contributed by atoms with Crippen molar-refractivity contribution in [3.8, 4) is 5.75 Å². The minimum atomic E-state index is -1.07. The zero-order valence-electron chi connectivity index (χ0n) is 17.9. The molecule has 0 atom stereocenters. The first-order chi connectivity index (χ1) is 16.1. The molecule has 0 fully saturated rings. The maximum atomic E-state index is 13.0. The molecule has 4 aromatic rings. The first-order valence-corrected chi connectivity index (χ1v) is 10.6. The number of ether oxygens (including phenoxy) is 1. The van der Waals surface area contributed by atoms with Crippen LogP contribution in [-0.4, -0.2) is 17.0 Å². The van der Waals surface area contributed by atoms with Gasteiger partial charge in [0.2, 0.25) is 0 Å². The Kier molecular flexibility index (Phi) is 6.81. The van der Waals surface area contributed by atoms with E-state index in [0.29, 0.717) is 17.7 Å². The van der Waals surface area contributed by atoms with Gasteiger partial charge in [0.15, 0.2) is 0 Å². The molecular weight excluding hydrogens is 414 g/mol. The first kappa shape index (κ1) is 21.8. The summed E-state index contributed by atoms with van der Waals surface area (Å²) >= 11 is 0. The average molecular weight is 437 g/mol. The van der Waals surface area contributed by atoms with E-state index in [-0.39, 0.29) is 12.5 Å². The highest BCUT2D eigenvalue weighted by Crippen LogP contribution is 2.19. The SMILES string of the molecule is O=C(O)C=Cc1ccc(COc2ccccc2)cc1C(=O)NCc1ccc2ccccc2c1. The molecule has 0 aliphatic heterocycles. The molecule has 0 unspecified atom stereocenters. The second-order valence-corrected chi connectivity index (χ2v) is 7.56. The molecule has 0 saturated heterocycles. The van der Waals surface area contributed by atoms with Crippen molar-refractivity contribution in [2.75, 3.05) is 0 Å². The van der Waals surface area contributed by atoms with E-state index in [2.05, 4.69) is 5.32 Å². The Morgan fingerprint density at radius 1 is 0.818 bits per heavy atom. The highest BCUT2D eigenvalue weighted by atomic mass is 16.5. The Morgan fingerprint density at radius 3 is 2.33 bits per heavy atom. The fraction of sp³-hybridized carbons (Fsp3) is 0.0714. The van der Waals surface area contributed by atoms with Crippen LogP contribution in [0.5, 0.6) is 5.75 Å². The minimum Gasteiger partial charge on any atom is -0.489 e. The van der Waals surface area contributed by atoms with Crippen molar-refractivity contribution < 1.29 is 19.4 Å². The maximum absolute atomic E-state index is 13.0. The van der Waals surface area contributed by atoms with E-state index in [1.807, 2.05) is 78.9 Å². The lowest BCUT2D eigenvalue weighted by molar-refractivity contribution is -0.131. The number of fused-ring (bicyclic) bond motifs is 1. The lowest BCUT2D eigenvalue weighted by Gasteiger charge is -2.12. The van der Waals surface area contributed by atoms with Crippen LogP contribution in [-0.2, 0) is 17.9 Å². The normalized spacial score (nSPS) is 10.9. The van der Waals surface area contributed by atoms with Gasteiger partial charge in [-0.3, -0.25) is 4.79 Å². The van der Waals surface area contributed by atoms with E-state index in [1.54, 1.807) is 12.1 Å². The van der Waals surface area contributed by atoms with Gasteiger partial charge in [-0.25, -0.2) is 4.79 Å². The van der Waals surface area contributed by atoms with Crippen LogP contribution < -0.4 is 10.1 Å². The number of aliphatic carboxylic acids is 1. The molecule has 2 N–H and O–H groups in total.